The minimum absolute atomic E-state index is 0.0444. The third-order valence-corrected chi connectivity index (χ3v) is 6.33. The normalized spacial score (nSPS) is 11.8. The van der Waals surface area contributed by atoms with Crippen molar-refractivity contribution in [2.75, 3.05) is 34.2 Å². The molecule has 208 valence electrons. The first-order chi connectivity index (χ1) is 18.8. The van der Waals surface area contributed by atoms with Gasteiger partial charge in [0.15, 0.2) is 0 Å². The van der Waals surface area contributed by atoms with Crippen molar-refractivity contribution in [1.82, 2.24) is 24.5 Å². The summed E-state index contributed by atoms with van der Waals surface area (Å²) >= 11 is 0. The van der Waals surface area contributed by atoms with Crippen molar-refractivity contribution < 1.29 is 22.4 Å². The molecule has 0 saturated carbocycles. The number of nitrogens with one attached hydrogen (secondary N) is 1. The van der Waals surface area contributed by atoms with E-state index >= 15 is 0 Å². The zero-order chi connectivity index (χ0) is 29.2. The van der Waals surface area contributed by atoms with E-state index in [1.807, 2.05) is 27.2 Å². The van der Waals surface area contributed by atoms with Gasteiger partial charge in [0.1, 0.15) is 11.3 Å². The third kappa shape index (κ3) is 5.84. The molecule has 0 atom stereocenters. The summed E-state index contributed by atoms with van der Waals surface area (Å²) in [4.78, 5) is 27.2. The molecule has 2 aromatic carbocycles. The van der Waals surface area contributed by atoms with Crippen molar-refractivity contribution in [3.8, 4) is 28.8 Å². The second-order valence-electron chi connectivity index (χ2n) is 10.3. The standard InChI is InChI=1S/C28H28F3N7O2/c1-35-25(23-13-15-34-36(23)21-11-9-19(18-32)10-12-21)24(26(39)33-14-6-16-38(2,3)4)27(40)37(35)22-8-5-7-20(17-22)28(29,30)31/h5,7-13,15,17H,6,14,16H2,1-4H3/p+1. The summed E-state index contributed by atoms with van der Waals surface area (Å²) in [5, 5.41) is 16.3. The van der Waals surface area contributed by atoms with Crippen LogP contribution < -0.4 is 10.9 Å². The van der Waals surface area contributed by atoms with E-state index in [4.69, 9.17) is 5.26 Å². The van der Waals surface area contributed by atoms with Gasteiger partial charge < -0.3 is 9.80 Å². The first-order valence-corrected chi connectivity index (χ1v) is 12.4. The Hall–Kier alpha value is -4.63. The Morgan fingerprint density at radius 3 is 2.40 bits per heavy atom. The molecular formula is C28H29F3N7O2+. The molecule has 4 aromatic rings. The van der Waals surface area contributed by atoms with Crippen LogP contribution in [0.25, 0.3) is 22.8 Å². The van der Waals surface area contributed by atoms with Gasteiger partial charge in [0.2, 0.25) is 0 Å². The van der Waals surface area contributed by atoms with Gasteiger partial charge >= 0.3 is 6.18 Å². The second kappa shape index (κ2) is 10.9. The molecule has 0 bridgehead atoms. The summed E-state index contributed by atoms with van der Waals surface area (Å²) in [7, 11) is 7.57. The van der Waals surface area contributed by atoms with E-state index in [0.29, 0.717) is 34.4 Å². The number of rotatable bonds is 8. The number of nitriles is 1. The molecule has 9 nitrogen and oxygen atoms in total. The maximum Gasteiger partial charge on any atom is 0.416 e. The summed E-state index contributed by atoms with van der Waals surface area (Å²) in [5.74, 6) is -0.643. The van der Waals surface area contributed by atoms with Crippen LogP contribution in [0.5, 0.6) is 0 Å². The maximum atomic E-state index is 13.8. The van der Waals surface area contributed by atoms with Gasteiger partial charge in [-0.2, -0.15) is 23.5 Å². The van der Waals surface area contributed by atoms with E-state index in [1.165, 1.54) is 34.7 Å². The zero-order valence-corrected chi connectivity index (χ0v) is 22.5. The van der Waals surface area contributed by atoms with Gasteiger partial charge in [-0.15, -0.1) is 0 Å². The molecule has 0 aliphatic carbocycles. The van der Waals surface area contributed by atoms with Gasteiger partial charge in [-0.1, -0.05) is 6.07 Å². The van der Waals surface area contributed by atoms with E-state index in [0.717, 1.165) is 23.4 Å². The number of amides is 1. The quantitative estimate of drug-likeness (QED) is 0.266. The lowest BCUT2D eigenvalue weighted by atomic mass is 10.1. The summed E-state index contributed by atoms with van der Waals surface area (Å²) in [6.45, 7) is 1.09. The molecule has 0 aliphatic rings. The van der Waals surface area contributed by atoms with E-state index in [9.17, 15) is 22.8 Å². The average molecular weight is 553 g/mol. The molecule has 2 heterocycles. The van der Waals surface area contributed by atoms with Crippen LogP contribution in [0.15, 0.2) is 65.6 Å². The van der Waals surface area contributed by atoms with Crippen molar-refractivity contribution in [2.45, 2.75) is 12.6 Å². The lowest BCUT2D eigenvalue weighted by Gasteiger charge is -2.23. The molecule has 1 N–H and O–H groups in total. The van der Waals surface area contributed by atoms with Crippen LogP contribution in [0.2, 0.25) is 0 Å². The predicted octanol–water partition coefficient (Wildman–Crippen LogP) is 3.75. The summed E-state index contributed by atoms with van der Waals surface area (Å²) in [6, 6.07) is 14.6. The van der Waals surface area contributed by atoms with E-state index in [-0.39, 0.29) is 16.9 Å². The maximum absolute atomic E-state index is 13.8. The second-order valence-corrected chi connectivity index (χ2v) is 10.3. The zero-order valence-electron chi connectivity index (χ0n) is 22.5. The van der Waals surface area contributed by atoms with Crippen LogP contribution in [0.4, 0.5) is 13.2 Å². The smallest absolute Gasteiger partial charge is 0.352 e. The van der Waals surface area contributed by atoms with Gasteiger partial charge in [-0.3, -0.25) is 14.3 Å². The topological polar surface area (TPSA) is 97.6 Å². The fourth-order valence-electron chi connectivity index (χ4n) is 4.42. The van der Waals surface area contributed by atoms with Crippen LogP contribution in [-0.2, 0) is 13.2 Å². The number of nitrogens with zero attached hydrogens (tertiary/aromatic N) is 6. The highest BCUT2D eigenvalue weighted by Gasteiger charge is 2.32. The van der Waals surface area contributed by atoms with Gasteiger partial charge in [-0.05, 0) is 48.5 Å². The largest absolute Gasteiger partial charge is 0.416 e. The summed E-state index contributed by atoms with van der Waals surface area (Å²) in [5.41, 5.74) is -0.415. The Morgan fingerprint density at radius 2 is 1.77 bits per heavy atom. The molecular weight excluding hydrogens is 523 g/mol. The van der Waals surface area contributed by atoms with Gasteiger partial charge in [0.05, 0.1) is 68.1 Å². The highest BCUT2D eigenvalue weighted by atomic mass is 19.4. The number of quaternary nitrogens is 1. The Morgan fingerprint density at radius 1 is 1.07 bits per heavy atom. The van der Waals surface area contributed by atoms with Crippen molar-refractivity contribution in [2.24, 2.45) is 7.05 Å². The number of carbonyl (C=O) groups excluding carboxylic acids is 1. The molecule has 0 spiro atoms. The molecule has 0 fully saturated rings. The minimum atomic E-state index is -4.62. The van der Waals surface area contributed by atoms with Crippen LogP contribution in [0, 0.1) is 11.3 Å². The Kier molecular flexibility index (Phi) is 7.70. The van der Waals surface area contributed by atoms with Crippen molar-refractivity contribution >= 4 is 5.91 Å². The number of hydrogen-bond acceptors (Lipinski definition) is 4. The van der Waals surface area contributed by atoms with Crippen LogP contribution in [0.1, 0.15) is 27.9 Å². The van der Waals surface area contributed by atoms with E-state index < -0.39 is 23.2 Å². The Labute approximate surface area is 228 Å². The first-order valence-electron chi connectivity index (χ1n) is 12.4. The SMILES string of the molecule is Cn1c(-c2ccnn2-c2ccc(C#N)cc2)c(C(=O)NCCC[N+](C)(C)C)c(=O)n1-c1cccc(C(F)(F)F)c1. The molecule has 0 aliphatic heterocycles. The van der Waals surface area contributed by atoms with Crippen molar-refractivity contribution in [3.63, 3.8) is 0 Å². The summed E-state index contributed by atoms with van der Waals surface area (Å²) < 4.78 is 45.0. The Bertz CT molecular complexity index is 1630. The highest BCUT2D eigenvalue weighted by Crippen LogP contribution is 2.31. The molecule has 0 saturated heterocycles. The van der Waals surface area contributed by atoms with E-state index in [1.54, 1.807) is 30.3 Å². The Balaban J connectivity index is 1.87. The fraction of sp³-hybridized carbons (Fsp3) is 0.286. The van der Waals surface area contributed by atoms with Gasteiger partial charge in [0, 0.05) is 20.0 Å². The number of alkyl halides is 3. The molecule has 1 amide bonds. The van der Waals surface area contributed by atoms with Crippen LogP contribution in [-0.4, -0.2) is 63.8 Å². The molecule has 4 rings (SSSR count). The number of hydrogen-bond donors (Lipinski definition) is 1. The van der Waals surface area contributed by atoms with Crippen LogP contribution in [0.3, 0.4) is 0 Å². The first kappa shape index (κ1) is 28.4. The van der Waals surface area contributed by atoms with Gasteiger partial charge in [-0.25, -0.2) is 9.36 Å². The lowest BCUT2D eigenvalue weighted by molar-refractivity contribution is -0.870. The molecule has 0 radical (unpaired) electrons. The molecule has 0 unspecified atom stereocenters. The van der Waals surface area contributed by atoms with Crippen molar-refractivity contribution in [3.05, 3.63) is 87.8 Å². The fourth-order valence-corrected chi connectivity index (χ4v) is 4.42. The van der Waals surface area contributed by atoms with E-state index in [2.05, 4.69) is 10.4 Å². The van der Waals surface area contributed by atoms with Gasteiger partial charge in [0.25, 0.3) is 11.5 Å². The third-order valence-electron chi connectivity index (χ3n) is 6.33. The number of aromatic nitrogens is 4. The lowest BCUT2D eigenvalue weighted by Crippen LogP contribution is -2.38. The minimum Gasteiger partial charge on any atom is -0.352 e. The number of carbonyl (C=O) groups is 1. The molecule has 2 aromatic heterocycles. The number of benzene rings is 2. The van der Waals surface area contributed by atoms with Crippen molar-refractivity contribution in [1.29, 1.82) is 5.26 Å². The molecule has 12 heteroatoms. The highest BCUT2D eigenvalue weighted by molar-refractivity contribution is 5.99. The van der Waals surface area contributed by atoms with Crippen LogP contribution >= 0.6 is 0 Å². The predicted molar refractivity (Wildman–Crippen MR) is 143 cm³/mol. The number of halogens is 3. The summed E-state index contributed by atoms with van der Waals surface area (Å²) in [6.07, 6.45) is -2.47. The monoisotopic (exact) mass is 552 g/mol. The average Bonchev–Trinajstić information content (AvgIpc) is 3.47. The molecule has 40 heavy (non-hydrogen) atoms.